The van der Waals surface area contributed by atoms with Crippen molar-refractivity contribution in [1.82, 2.24) is 0 Å². The molecule has 3 nitrogen and oxygen atoms in total. The second kappa shape index (κ2) is 4.78. The van der Waals surface area contributed by atoms with Crippen molar-refractivity contribution in [2.45, 2.75) is 13.3 Å². The molecule has 1 N–H and O–H groups in total. The molecule has 2 rings (SSSR count). The molecule has 0 fully saturated rings. The van der Waals surface area contributed by atoms with E-state index in [4.69, 9.17) is 5.53 Å². The van der Waals surface area contributed by atoms with E-state index in [1.165, 1.54) is 5.56 Å². The van der Waals surface area contributed by atoms with Crippen LogP contribution in [0.2, 0.25) is 0 Å². The predicted octanol–water partition coefficient (Wildman–Crippen LogP) is 4.09. The molecular formula is C14H14N2O. The highest BCUT2D eigenvalue weighted by Gasteiger charge is 2.04. The van der Waals surface area contributed by atoms with Gasteiger partial charge in [0.1, 0.15) is 0 Å². The summed E-state index contributed by atoms with van der Waals surface area (Å²) in [5, 5.41) is 10.9. The summed E-state index contributed by atoms with van der Waals surface area (Å²) in [6, 6.07) is 15.3. The van der Waals surface area contributed by atoms with Gasteiger partial charge in [0.2, 0.25) is 5.69 Å². The summed E-state index contributed by atoms with van der Waals surface area (Å²) < 4.78 is 0. The van der Waals surface area contributed by atoms with Crippen LogP contribution >= 0.6 is 0 Å². The van der Waals surface area contributed by atoms with Crippen LogP contribution in [-0.4, -0.2) is 4.86 Å². The zero-order valence-corrected chi connectivity index (χ0v) is 9.68. The van der Waals surface area contributed by atoms with Crippen molar-refractivity contribution < 1.29 is 4.86 Å². The maximum Gasteiger partial charge on any atom is 0.244 e. The Bertz CT molecular complexity index is 549. The molecule has 3 heteroatoms. The van der Waals surface area contributed by atoms with E-state index in [-0.39, 0.29) is 4.86 Å². The fourth-order valence-electron chi connectivity index (χ4n) is 1.78. The van der Waals surface area contributed by atoms with Crippen LogP contribution < -0.4 is 0 Å². The van der Waals surface area contributed by atoms with Crippen molar-refractivity contribution in [3.8, 4) is 11.1 Å². The Kier molecular flexibility index (Phi) is 3.19. The Morgan fingerprint density at radius 2 is 1.71 bits per heavy atom. The quantitative estimate of drug-likeness (QED) is 0.478. The summed E-state index contributed by atoms with van der Waals surface area (Å²) in [4.78, 5) is 0.132. The number of benzene rings is 2. The van der Waals surface area contributed by atoms with Crippen LogP contribution in [0.5, 0.6) is 0 Å². The van der Waals surface area contributed by atoms with Gasteiger partial charge < -0.3 is 5.21 Å². The number of rotatable bonds is 3. The van der Waals surface area contributed by atoms with Gasteiger partial charge >= 0.3 is 0 Å². The van der Waals surface area contributed by atoms with Crippen LogP contribution in [0.4, 0.5) is 5.69 Å². The van der Waals surface area contributed by atoms with Crippen molar-refractivity contribution >= 4 is 5.69 Å². The summed E-state index contributed by atoms with van der Waals surface area (Å²) in [5.74, 6) is 0. The average Bonchev–Trinajstić information content (AvgIpc) is 2.39. The number of nitrogens with one attached hydrogen (secondary N) is 1. The third-order valence-corrected chi connectivity index (χ3v) is 2.75. The van der Waals surface area contributed by atoms with E-state index in [0.717, 1.165) is 17.5 Å². The Labute approximate surface area is 100 Å². The van der Waals surface area contributed by atoms with E-state index in [1.54, 1.807) is 18.2 Å². The lowest BCUT2D eigenvalue weighted by Crippen LogP contribution is -1.88. The number of hydrogen-bond acceptors (Lipinski definition) is 2. The molecule has 0 aliphatic heterocycles. The van der Waals surface area contributed by atoms with Crippen molar-refractivity contribution in [2.75, 3.05) is 0 Å². The molecule has 0 saturated heterocycles. The molecule has 2 aromatic carbocycles. The van der Waals surface area contributed by atoms with Gasteiger partial charge in [-0.1, -0.05) is 48.2 Å². The minimum absolute atomic E-state index is 0.132. The van der Waals surface area contributed by atoms with E-state index in [2.05, 4.69) is 19.1 Å². The third kappa shape index (κ3) is 2.50. The third-order valence-electron chi connectivity index (χ3n) is 2.75. The predicted molar refractivity (Wildman–Crippen MR) is 67.3 cm³/mol. The number of aryl methyl sites for hydroxylation is 1. The molecule has 0 amide bonds. The van der Waals surface area contributed by atoms with Gasteiger partial charge in [0.15, 0.2) is 0 Å². The van der Waals surface area contributed by atoms with Crippen LogP contribution in [0.15, 0.2) is 48.5 Å². The number of hydrogen-bond donors (Lipinski definition) is 1. The Hall–Kier alpha value is -2.16. The first-order valence-corrected chi connectivity index (χ1v) is 5.58. The van der Waals surface area contributed by atoms with Gasteiger partial charge in [-0.15, -0.1) is 0 Å². The Morgan fingerprint density at radius 3 is 2.35 bits per heavy atom. The molecule has 0 aromatic heterocycles. The summed E-state index contributed by atoms with van der Waals surface area (Å²) in [6.45, 7) is 2.11. The molecule has 0 heterocycles. The minimum atomic E-state index is 0.132. The molecule has 0 spiro atoms. The molecule has 2 aromatic rings. The first kappa shape index (κ1) is 11.3. The van der Waals surface area contributed by atoms with Crippen molar-refractivity contribution in [1.29, 1.82) is 5.53 Å². The van der Waals surface area contributed by atoms with E-state index in [9.17, 15) is 5.21 Å². The smallest absolute Gasteiger partial charge is 0.244 e. The SMILES string of the molecule is CCc1cccc(-c2cccc([N+](=N)[O-])c2)c1. The molecule has 0 atom stereocenters. The van der Waals surface area contributed by atoms with Gasteiger partial charge in [0.05, 0.1) is 0 Å². The summed E-state index contributed by atoms with van der Waals surface area (Å²) in [5.41, 5.74) is 10.7. The van der Waals surface area contributed by atoms with Crippen LogP contribution in [0.25, 0.3) is 11.1 Å². The van der Waals surface area contributed by atoms with E-state index in [1.807, 2.05) is 18.2 Å². The highest BCUT2D eigenvalue weighted by atomic mass is 16.5. The average molecular weight is 226 g/mol. The van der Waals surface area contributed by atoms with E-state index >= 15 is 0 Å². The van der Waals surface area contributed by atoms with Crippen molar-refractivity contribution in [3.05, 3.63) is 59.3 Å². The lowest BCUT2D eigenvalue weighted by molar-refractivity contribution is -0.465. The highest BCUT2D eigenvalue weighted by Crippen LogP contribution is 2.24. The fourth-order valence-corrected chi connectivity index (χ4v) is 1.78. The monoisotopic (exact) mass is 226 g/mol. The maximum atomic E-state index is 10.9. The summed E-state index contributed by atoms with van der Waals surface area (Å²) in [6.07, 6.45) is 0.986. The second-order valence-corrected chi connectivity index (χ2v) is 3.90. The lowest BCUT2D eigenvalue weighted by atomic mass is 10.0. The molecule has 0 radical (unpaired) electrons. The van der Waals surface area contributed by atoms with Crippen LogP contribution in [-0.2, 0) is 6.42 Å². The zero-order valence-electron chi connectivity index (χ0n) is 9.68. The minimum Gasteiger partial charge on any atom is -0.594 e. The lowest BCUT2D eigenvalue weighted by Gasteiger charge is -2.05. The zero-order chi connectivity index (χ0) is 12.3. The van der Waals surface area contributed by atoms with Gasteiger partial charge in [-0.25, -0.2) is 0 Å². The highest BCUT2D eigenvalue weighted by molar-refractivity contribution is 5.66. The van der Waals surface area contributed by atoms with Gasteiger partial charge in [0, 0.05) is 12.1 Å². The van der Waals surface area contributed by atoms with Gasteiger partial charge in [-0.3, -0.25) is 0 Å². The second-order valence-electron chi connectivity index (χ2n) is 3.90. The molecule has 0 unspecified atom stereocenters. The molecule has 0 bridgehead atoms. The van der Waals surface area contributed by atoms with Gasteiger partial charge in [-0.2, -0.15) is 0 Å². The largest absolute Gasteiger partial charge is 0.594 e. The Morgan fingerprint density at radius 1 is 1.06 bits per heavy atom. The fraction of sp³-hybridized carbons (Fsp3) is 0.143. The van der Waals surface area contributed by atoms with E-state index < -0.39 is 0 Å². The molecule has 0 saturated carbocycles. The number of nitrogens with zero attached hydrogens (tertiary/aromatic N) is 1. The van der Waals surface area contributed by atoms with Gasteiger partial charge in [0.25, 0.3) is 0 Å². The normalized spacial score (nSPS) is 10.2. The first-order chi connectivity index (χ1) is 8.20. The maximum absolute atomic E-state index is 10.9. The molecule has 86 valence electrons. The summed E-state index contributed by atoms with van der Waals surface area (Å²) in [7, 11) is 0. The van der Waals surface area contributed by atoms with Crippen LogP contribution in [0, 0.1) is 10.7 Å². The Balaban J connectivity index is 2.45. The first-order valence-electron chi connectivity index (χ1n) is 5.58. The van der Waals surface area contributed by atoms with Gasteiger partial charge in [-0.05, 0) is 28.6 Å². The topological polar surface area (TPSA) is 49.9 Å². The van der Waals surface area contributed by atoms with Crippen molar-refractivity contribution in [3.63, 3.8) is 0 Å². The van der Waals surface area contributed by atoms with Crippen molar-refractivity contribution in [2.24, 2.45) is 0 Å². The molecule has 17 heavy (non-hydrogen) atoms. The summed E-state index contributed by atoms with van der Waals surface area (Å²) >= 11 is 0. The molecule has 0 aliphatic rings. The molecule has 0 aliphatic carbocycles. The molecular weight excluding hydrogens is 212 g/mol. The van der Waals surface area contributed by atoms with Crippen LogP contribution in [0.1, 0.15) is 12.5 Å². The van der Waals surface area contributed by atoms with Crippen LogP contribution in [0.3, 0.4) is 0 Å². The van der Waals surface area contributed by atoms with E-state index in [0.29, 0.717) is 5.69 Å². The standard InChI is InChI=1S/C14H14N2O/c1-2-11-5-3-6-12(9-11)13-7-4-8-14(10-13)16(15)17/h3-10,15H,2H2,1H3.